The second-order valence-corrected chi connectivity index (χ2v) is 7.03. The number of rotatable bonds is 3. The molecule has 26 heavy (non-hydrogen) atoms. The van der Waals surface area contributed by atoms with Gasteiger partial charge in [0.25, 0.3) is 0 Å². The zero-order valence-corrected chi connectivity index (χ0v) is 14.9. The molecule has 0 bridgehead atoms. The predicted octanol–water partition coefficient (Wildman–Crippen LogP) is 3.04. The number of aromatic nitrogens is 2. The second kappa shape index (κ2) is 6.83. The van der Waals surface area contributed by atoms with E-state index in [1.54, 1.807) is 0 Å². The number of aryl methyl sites for hydroxylation is 1. The zero-order valence-electron chi connectivity index (χ0n) is 14.9. The number of nitrogens with one attached hydrogen (secondary N) is 1. The van der Waals surface area contributed by atoms with E-state index in [1.807, 2.05) is 64.9 Å². The van der Waals surface area contributed by atoms with Crippen LogP contribution in [0.25, 0.3) is 11.0 Å². The minimum atomic E-state index is -0.0594. The van der Waals surface area contributed by atoms with E-state index in [0.717, 1.165) is 35.0 Å². The highest BCUT2D eigenvalue weighted by atomic mass is 16.2. The van der Waals surface area contributed by atoms with Gasteiger partial charge in [-0.1, -0.05) is 36.4 Å². The van der Waals surface area contributed by atoms with Crippen molar-refractivity contribution in [3.8, 4) is 0 Å². The Labute approximate surface area is 152 Å². The second-order valence-electron chi connectivity index (χ2n) is 7.03. The standard InChI is InChI=1S/C21H23N3O2/c1-15-6-2-3-7-16(15)14-20(25)23-12-10-17(11-13-23)24-19-9-5-4-8-18(19)22-21(24)26/h2-9,17H,10-14H2,1H3,(H,22,26). The summed E-state index contributed by atoms with van der Waals surface area (Å²) in [5.74, 6) is 0.170. The van der Waals surface area contributed by atoms with Crippen molar-refractivity contribution in [1.29, 1.82) is 0 Å². The van der Waals surface area contributed by atoms with Crippen LogP contribution in [0.2, 0.25) is 0 Å². The van der Waals surface area contributed by atoms with Gasteiger partial charge in [0.2, 0.25) is 5.91 Å². The molecule has 5 heteroatoms. The van der Waals surface area contributed by atoms with E-state index < -0.39 is 0 Å². The van der Waals surface area contributed by atoms with Gasteiger partial charge in [-0.3, -0.25) is 9.36 Å². The SMILES string of the molecule is Cc1ccccc1CC(=O)N1CCC(n2c(=O)[nH]c3ccccc32)CC1. The summed E-state index contributed by atoms with van der Waals surface area (Å²) in [5, 5.41) is 0. The van der Waals surface area contributed by atoms with Crippen molar-refractivity contribution >= 4 is 16.9 Å². The van der Waals surface area contributed by atoms with E-state index in [2.05, 4.69) is 4.98 Å². The number of para-hydroxylation sites is 2. The average molecular weight is 349 g/mol. The van der Waals surface area contributed by atoms with Gasteiger partial charge in [0.15, 0.2) is 0 Å². The molecule has 4 rings (SSSR count). The summed E-state index contributed by atoms with van der Waals surface area (Å²) < 4.78 is 1.86. The fourth-order valence-corrected chi connectivity index (χ4v) is 3.89. The lowest BCUT2D eigenvalue weighted by Gasteiger charge is -2.32. The molecule has 0 radical (unpaired) electrons. The molecule has 1 N–H and O–H groups in total. The molecule has 1 aliphatic rings. The van der Waals surface area contributed by atoms with E-state index in [9.17, 15) is 9.59 Å². The monoisotopic (exact) mass is 349 g/mol. The summed E-state index contributed by atoms with van der Waals surface area (Å²) in [6.45, 7) is 3.43. The molecule has 2 heterocycles. The minimum absolute atomic E-state index is 0.0594. The van der Waals surface area contributed by atoms with Crippen LogP contribution in [0.3, 0.4) is 0 Å². The third-order valence-corrected chi connectivity index (χ3v) is 5.41. The van der Waals surface area contributed by atoms with E-state index in [1.165, 1.54) is 0 Å². The minimum Gasteiger partial charge on any atom is -0.342 e. The van der Waals surface area contributed by atoms with Crippen LogP contribution in [0.1, 0.15) is 30.0 Å². The first-order valence-electron chi connectivity index (χ1n) is 9.15. The number of fused-ring (bicyclic) bond motifs is 1. The molecular formula is C21H23N3O2. The van der Waals surface area contributed by atoms with E-state index in [4.69, 9.17) is 0 Å². The van der Waals surface area contributed by atoms with E-state index in [-0.39, 0.29) is 17.6 Å². The number of benzene rings is 2. The normalized spacial score (nSPS) is 15.5. The Kier molecular flexibility index (Phi) is 4.37. The molecule has 5 nitrogen and oxygen atoms in total. The first-order valence-corrected chi connectivity index (χ1v) is 9.15. The number of hydrogen-bond donors (Lipinski definition) is 1. The number of imidazole rings is 1. The Hall–Kier alpha value is -2.82. The maximum Gasteiger partial charge on any atom is 0.326 e. The third kappa shape index (κ3) is 3.05. The summed E-state index contributed by atoms with van der Waals surface area (Å²) in [5.41, 5.74) is 4.00. The molecule has 2 aromatic carbocycles. The van der Waals surface area contributed by atoms with Crippen molar-refractivity contribution < 1.29 is 4.79 Å². The van der Waals surface area contributed by atoms with Crippen LogP contribution in [0.15, 0.2) is 53.3 Å². The van der Waals surface area contributed by atoms with Gasteiger partial charge in [0.1, 0.15) is 0 Å². The van der Waals surface area contributed by atoms with Crippen LogP contribution in [0.5, 0.6) is 0 Å². The maximum absolute atomic E-state index is 12.6. The highest BCUT2D eigenvalue weighted by Gasteiger charge is 2.26. The molecule has 0 saturated carbocycles. The molecule has 134 valence electrons. The smallest absolute Gasteiger partial charge is 0.326 e. The van der Waals surface area contributed by atoms with Crippen LogP contribution in [0.4, 0.5) is 0 Å². The van der Waals surface area contributed by atoms with Crippen molar-refractivity contribution in [3.05, 3.63) is 70.1 Å². The molecule has 0 aliphatic carbocycles. The molecular weight excluding hydrogens is 326 g/mol. The average Bonchev–Trinajstić information content (AvgIpc) is 2.99. The maximum atomic E-state index is 12.6. The lowest BCUT2D eigenvalue weighted by molar-refractivity contribution is -0.131. The van der Waals surface area contributed by atoms with Gasteiger partial charge in [-0.15, -0.1) is 0 Å². The summed E-state index contributed by atoms with van der Waals surface area (Å²) >= 11 is 0. The number of hydrogen-bond acceptors (Lipinski definition) is 2. The highest BCUT2D eigenvalue weighted by Crippen LogP contribution is 2.25. The molecule has 1 aliphatic heterocycles. The number of aromatic amines is 1. The fourth-order valence-electron chi connectivity index (χ4n) is 3.89. The van der Waals surface area contributed by atoms with Crippen LogP contribution in [0, 0.1) is 6.92 Å². The number of amides is 1. The Balaban J connectivity index is 1.45. The van der Waals surface area contributed by atoms with Gasteiger partial charge < -0.3 is 9.88 Å². The van der Waals surface area contributed by atoms with Crippen molar-refractivity contribution in [2.75, 3.05) is 13.1 Å². The summed E-state index contributed by atoms with van der Waals surface area (Å²) in [6, 6.07) is 15.9. The molecule has 1 fully saturated rings. The number of H-pyrrole nitrogens is 1. The van der Waals surface area contributed by atoms with Crippen molar-refractivity contribution in [2.24, 2.45) is 0 Å². The topological polar surface area (TPSA) is 58.1 Å². The van der Waals surface area contributed by atoms with Gasteiger partial charge in [-0.05, 0) is 43.0 Å². The quantitative estimate of drug-likeness (QED) is 0.790. The number of piperidine rings is 1. The molecule has 1 amide bonds. The van der Waals surface area contributed by atoms with Gasteiger partial charge >= 0.3 is 5.69 Å². The number of likely N-dealkylation sites (tertiary alicyclic amines) is 1. The van der Waals surface area contributed by atoms with E-state index >= 15 is 0 Å². The molecule has 0 unspecified atom stereocenters. The highest BCUT2D eigenvalue weighted by molar-refractivity contribution is 5.79. The predicted molar refractivity (Wildman–Crippen MR) is 102 cm³/mol. The van der Waals surface area contributed by atoms with Crippen LogP contribution >= 0.6 is 0 Å². The van der Waals surface area contributed by atoms with E-state index in [0.29, 0.717) is 19.5 Å². The summed E-state index contributed by atoms with van der Waals surface area (Å²) in [7, 11) is 0. The first-order chi connectivity index (χ1) is 12.6. The Morgan fingerprint density at radius 3 is 2.54 bits per heavy atom. The van der Waals surface area contributed by atoms with Gasteiger partial charge in [0, 0.05) is 19.1 Å². The van der Waals surface area contributed by atoms with Crippen LogP contribution in [-0.4, -0.2) is 33.4 Å². The Bertz CT molecular complexity index is 994. The molecule has 1 saturated heterocycles. The Morgan fingerprint density at radius 2 is 1.77 bits per heavy atom. The van der Waals surface area contributed by atoms with Crippen LogP contribution in [-0.2, 0) is 11.2 Å². The number of carbonyl (C=O) groups is 1. The lowest BCUT2D eigenvalue weighted by Crippen LogP contribution is -2.41. The molecule has 0 spiro atoms. The molecule has 1 aromatic heterocycles. The lowest BCUT2D eigenvalue weighted by atomic mass is 10.0. The van der Waals surface area contributed by atoms with Crippen LogP contribution < -0.4 is 5.69 Å². The summed E-state index contributed by atoms with van der Waals surface area (Å²) in [4.78, 5) is 29.9. The van der Waals surface area contributed by atoms with Gasteiger partial charge in [-0.2, -0.15) is 0 Å². The van der Waals surface area contributed by atoms with Crippen molar-refractivity contribution in [3.63, 3.8) is 0 Å². The first kappa shape index (κ1) is 16.6. The summed E-state index contributed by atoms with van der Waals surface area (Å²) in [6.07, 6.45) is 2.06. The fraction of sp³-hybridized carbons (Fsp3) is 0.333. The molecule has 3 aromatic rings. The van der Waals surface area contributed by atoms with Gasteiger partial charge in [0.05, 0.1) is 17.5 Å². The van der Waals surface area contributed by atoms with Gasteiger partial charge in [-0.25, -0.2) is 4.79 Å². The largest absolute Gasteiger partial charge is 0.342 e. The molecule has 0 atom stereocenters. The number of nitrogens with zero attached hydrogens (tertiary/aromatic N) is 2. The zero-order chi connectivity index (χ0) is 18.1. The van der Waals surface area contributed by atoms with Crippen molar-refractivity contribution in [2.45, 2.75) is 32.2 Å². The van der Waals surface area contributed by atoms with Crippen molar-refractivity contribution in [1.82, 2.24) is 14.5 Å². The Morgan fingerprint density at radius 1 is 1.08 bits per heavy atom. The number of carbonyl (C=O) groups excluding carboxylic acids is 1. The third-order valence-electron chi connectivity index (χ3n) is 5.41.